The van der Waals surface area contributed by atoms with Crippen LogP contribution in [0, 0.1) is 17.0 Å². The maximum Gasteiger partial charge on any atom is 0.338 e. The normalized spacial score (nSPS) is 16.0. The van der Waals surface area contributed by atoms with Crippen molar-refractivity contribution in [2.45, 2.75) is 26.8 Å². The van der Waals surface area contributed by atoms with Crippen molar-refractivity contribution in [3.8, 4) is 22.8 Å². The Morgan fingerprint density at radius 3 is 2.78 bits per heavy atom. The van der Waals surface area contributed by atoms with Gasteiger partial charge in [0.2, 0.25) is 6.79 Å². The number of benzene rings is 2. The molecule has 0 N–H and O–H groups in total. The predicted molar refractivity (Wildman–Crippen MR) is 148 cm³/mol. The fourth-order valence-electron chi connectivity index (χ4n) is 4.98. The number of nitrogens with zero attached hydrogens (tertiary/aromatic N) is 3. The van der Waals surface area contributed by atoms with Gasteiger partial charge < -0.3 is 18.6 Å². The number of nitro groups is 1. The van der Waals surface area contributed by atoms with Crippen LogP contribution in [0.4, 0.5) is 5.69 Å². The number of carbonyl (C=O) groups excluding carboxylic acids is 1. The van der Waals surface area contributed by atoms with Gasteiger partial charge in [-0.1, -0.05) is 29.5 Å². The number of thiazole rings is 1. The maximum absolute atomic E-state index is 13.9. The van der Waals surface area contributed by atoms with Gasteiger partial charge in [-0.25, -0.2) is 9.79 Å². The highest BCUT2D eigenvalue weighted by atomic mass is 32.1. The quantitative estimate of drug-likeness (QED) is 0.192. The standard InChI is InChI=1S/C29H23N3O8S/c1-4-37-28(34)25-16(3)30-29-31(26(25)17-8-10-22-23(12-17)39-14-38-22)27(33)24(41-29)13-18-9-11-21(40-18)19-6-5-7-20(15(19)2)32(35)36/h5-13,26H,4,14H2,1-3H3/b24-13-. The molecule has 2 aliphatic rings. The topological polar surface area (TPSA) is 135 Å². The summed E-state index contributed by atoms with van der Waals surface area (Å²) in [6.07, 6.45) is 1.60. The average Bonchev–Trinajstić information content (AvgIpc) is 3.67. The van der Waals surface area contributed by atoms with Crippen LogP contribution in [0.2, 0.25) is 0 Å². The summed E-state index contributed by atoms with van der Waals surface area (Å²) in [5.41, 5.74) is 2.02. The Kier molecular flexibility index (Phi) is 6.54. The van der Waals surface area contributed by atoms with Crippen LogP contribution in [0.15, 0.2) is 74.0 Å². The lowest BCUT2D eigenvalue weighted by Gasteiger charge is -2.24. The molecule has 0 aliphatic carbocycles. The molecule has 0 saturated carbocycles. The zero-order chi connectivity index (χ0) is 28.8. The molecule has 1 unspecified atom stereocenters. The van der Waals surface area contributed by atoms with Crippen molar-refractivity contribution in [3.63, 3.8) is 0 Å². The van der Waals surface area contributed by atoms with Crippen LogP contribution in [-0.2, 0) is 9.53 Å². The minimum atomic E-state index is -0.804. The number of ether oxygens (including phenoxy) is 3. The third-order valence-corrected chi connectivity index (χ3v) is 7.88. The molecule has 6 rings (SSSR count). The highest BCUT2D eigenvalue weighted by Gasteiger charge is 2.34. The Morgan fingerprint density at radius 1 is 1.20 bits per heavy atom. The molecule has 11 nitrogen and oxygen atoms in total. The van der Waals surface area contributed by atoms with Gasteiger partial charge >= 0.3 is 5.97 Å². The molecule has 0 saturated heterocycles. The molecule has 1 atom stereocenters. The summed E-state index contributed by atoms with van der Waals surface area (Å²) in [4.78, 5) is 42.9. The molecule has 4 heterocycles. The first-order chi connectivity index (χ1) is 19.8. The number of aromatic nitrogens is 1. The zero-order valence-corrected chi connectivity index (χ0v) is 23.0. The highest BCUT2D eigenvalue weighted by Crippen LogP contribution is 2.38. The van der Waals surface area contributed by atoms with Gasteiger partial charge in [-0.05, 0) is 50.6 Å². The van der Waals surface area contributed by atoms with Crippen molar-refractivity contribution >= 4 is 29.1 Å². The summed E-state index contributed by atoms with van der Waals surface area (Å²) in [5, 5.41) is 11.4. The molecule has 0 amide bonds. The van der Waals surface area contributed by atoms with E-state index < -0.39 is 16.9 Å². The van der Waals surface area contributed by atoms with Gasteiger partial charge in [0.25, 0.3) is 11.2 Å². The Labute approximate surface area is 236 Å². The molecule has 2 aromatic carbocycles. The Balaban J connectivity index is 1.47. The van der Waals surface area contributed by atoms with Crippen molar-refractivity contribution in [2.24, 2.45) is 4.99 Å². The van der Waals surface area contributed by atoms with E-state index in [9.17, 15) is 19.7 Å². The number of hydrogen-bond acceptors (Lipinski definition) is 10. The average molecular weight is 574 g/mol. The lowest BCUT2D eigenvalue weighted by atomic mass is 9.95. The molecule has 2 aromatic heterocycles. The molecular weight excluding hydrogens is 550 g/mol. The molecule has 4 aromatic rings. The van der Waals surface area contributed by atoms with Gasteiger partial charge in [-0.15, -0.1) is 0 Å². The van der Waals surface area contributed by atoms with E-state index in [1.54, 1.807) is 69.3 Å². The second-order valence-corrected chi connectivity index (χ2v) is 10.3. The van der Waals surface area contributed by atoms with E-state index in [2.05, 4.69) is 4.99 Å². The lowest BCUT2D eigenvalue weighted by Crippen LogP contribution is -2.39. The van der Waals surface area contributed by atoms with Crippen molar-refractivity contribution < 1.29 is 28.3 Å². The first kappa shape index (κ1) is 26.3. The molecule has 0 spiro atoms. The predicted octanol–water partition coefficient (Wildman–Crippen LogP) is 4.00. The van der Waals surface area contributed by atoms with Crippen molar-refractivity contribution in [1.82, 2.24) is 4.57 Å². The summed E-state index contributed by atoms with van der Waals surface area (Å²) in [6, 6.07) is 12.6. The minimum absolute atomic E-state index is 0.00921. The number of allylic oxidation sites excluding steroid dienone is 1. The minimum Gasteiger partial charge on any atom is -0.463 e. The fourth-order valence-corrected chi connectivity index (χ4v) is 6.01. The van der Waals surface area contributed by atoms with Crippen LogP contribution >= 0.6 is 11.3 Å². The van der Waals surface area contributed by atoms with Gasteiger partial charge in [0.15, 0.2) is 16.3 Å². The monoisotopic (exact) mass is 573 g/mol. The van der Waals surface area contributed by atoms with E-state index in [-0.39, 0.29) is 30.2 Å². The number of hydrogen-bond donors (Lipinski definition) is 0. The van der Waals surface area contributed by atoms with Gasteiger partial charge in [0, 0.05) is 23.3 Å². The van der Waals surface area contributed by atoms with Crippen LogP contribution in [0.5, 0.6) is 11.5 Å². The first-order valence-electron chi connectivity index (χ1n) is 12.7. The number of rotatable bonds is 6. The SMILES string of the molecule is CCOC(=O)C1=C(C)N=c2s/c(=C\c3ccc(-c4cccc([N+](=O)[O-])c4C)o3)c(=O)n2C1c1ccc2c(c1)OCO2. The third-order valence-electron chi connectivity index (χ3n) is 6.90. The molecule has 0 bridgehead atoms. The maximum atomic E-state index is 13.9. The summed E-state index contributed by atoms with van der Waals surface area (Å²) in [6.45, 7) is 5.34. The fraction of sp³-hybridized carbons (Fsp3) is 0.207. The van der Waals surface area contributed by atoms with Crippen molar-refractivity contribution in [1.29, 1.82) is 0 Å². The molecule has 2 aliphatic heterocycles. The lowest BCUT2D eigenvalue weighted by molar-refractivity contribution is -0.385. The van der Waals surface area contributed by atoms with E-state index in [0.717, 1.165) is 11.3 Å². The van der Waals surface area contributed by atoms with Crippen LogP contribution in [0.3, 0.4) is 0 Å². The summed E-state index contributed by atoms with van der Waals surface area (Å²) >= 11 is 1.16. The van der Waals surface area contributed by atoms with E-state index in [0.29, 0.717) is 54.7 Å². The van der Waals surface area contributed by atoms with Crippen molar-refractivity contribution in [2.75, 3.05) is 13.4 Å². The van der Waals surface area contributed by atoms with Gasteiger partial charge in [0.1, 0.15) is 11.5 Å². The molecule has 208 valence electrons. The number of furan rings is 1. The summed E-state index contributed by atoms with van der Waals surface area (Å²) < 4.78 is 24.1. The summed E-state index contributed by atoms with van der Waals surface area (Å²) in [5.74, 6) is 1.35. The molecule has 41 heavy (non-hydrogen) atoms. The molecule has 12 heteroatoms. The Morgan fingerprint density at radius 2 is 2.00 bits per heavy atom. The van der Waals surface area contributed by atoms with Gasteiger partial charge in [0.05, 0.1) is 33.4 Å². The Hall–Kier alpha value is -4.97. The smallest absolute Gasteiger partial charge is 0.338 e. The number of carbonyl (C=O) groups is 1. The van der Waals surface area contributed by atoms with E-state index in [4.69, 9.17) is 18.6 Å². The number of fused-ring (bicyclic) bond motifs is 2. The zero-order valence-electron chi connectivity index (χ0n) is 22.2. The van der Waals surface area contributed by atoms with Crippen LogP contribution in [0.25, 0.3) is 17.4 Å². The van der Waals surface area contributed by atoms with Crippen LogP contribution in [-0.4, -0.2) is 28.9 Å². The highest BCUT2D eigenvalue weighted by molar-refractivity contribution is 7.07. The van der Waals surface area contributed by atoms with Crippen LogP contribution in [0.1, 0.15) is 36.8 Å². The Bertz CT molecular complexity index is 1950. The number of nitro benzene ring substituents is 1. The van der Waals surface area contributed by atoms with Gasteiger partial charge in [-0.3, -0.25) is 19.5 Å². The second-order valence-electron chi connectivity index (χ2n) is 9.32. The van der Waals surface area contributed by atoms with E-state index in [1.807, 2.05) is 0 Å². The third kappa shape index (κ3) is 4.51. The summed E-state index contributed by atoms with van der Waals surface area (Å²) in [7, 11) is 0. The molecule has 0 fully saturated rings. The number of esters is 1. The first-order valence-corrected chi connectivity index (χ1v) is 13.5. The largest absolute Gasteiger partial charge is 0.463 e. The van der Waals surface area contributed by atoms with Crippen molar-refractivity contribution in [3.05, 3.63) is 106 Å². The van der Waals surface area contributed by atoms with E-state index >= 15 is 0 Å². The van der Waals surface area contributed by atoms with Crippen LogP contribution < -0.4 is 24.4 Å². The second kappa shape index (κ2) is 10.2. The van der Waals surface area contributed by atoms with E-state index in [1.165, 1.54) is 10.6 Å². The molecule has 0 radical (unpaired) electrons. The molecular formula is C29H23N3O8S. The van der Waals surface area contributed by atoms with Gasteiger partial charge in [-0.2, -0.15) is 0 Å².